The van der Waals surface area contributed by atoms with Crippen molar-refractivity contribution in [1.29, 1.82) is 0 Å². The molecule has 3 nitrogen and oxygen atoms in total. The molecule has 1 aromatic rings. The lowest BCUT2D eigenvalue weighted by molar-refractivity contribution is -0.151. The van der Waals surface area contributed by atoms with Crippen LogP contribution < -0.4 is 0 Å². The number of alkyl halides is 1. The number of Topliss-reactive ketones (excluding diaryl/α,β-unsaturated/α-hetero) is 1. The number of carbonyl (C=O) groups is 2. The van der Waals surface area contributed by atoms with Crippen LogP contribution in [0, 0.1) is 0 Å². The van der Waals surface area contributed by atoms with Gasteiger partial charge in [-0.25, -0.2) is 4.79 Å². The summed E-state index contributed by atoms with van der Waals surface area (Å²) < 4.78 is 5.17. The Morgan fingerprint density at radius 2 is 1.87 bits per heavy atom. The van der Waals surface area contributed by atoms with E-state index in [1.165, 1.54) is 0 Å². The molecule has 0 saturated heterocycles. The third-order valence-electron chi connectivity index (χ3n) is 1.78. The lowest BCUT2D eigenvalue weighted by Gasteiger charge is -2.06. The summed E-state index contributed by atoms with van der Waals surface area (Å²) in [5.41, 5.74) is 0.565. The molecule has 0 amide bonds. The summed E-state index contributed by atoms with van der Waals surface area (Å²) >= 11 is 9.07. The summed E-state index contributed by atoms with van der Waals surface area (Å²) in [6.45, 7) is 0. The molecule has 0 radical (unpaired) electrons. The predicted molar refractivity (Wildman–Crippen MR) is 59.8 cm³/mol. The van der Waals surface area contributed by atoms with Crippen molar-refractivity contribution in [3.63, 3.8) is 0 Å². The first kappa shape index (κ1) is 12.2. The number of ketones is 1. The highest BCUT2D eigenvalue weighted by Crippen LogP contribution is 2.23. The Bertz CT molecular complexity index is 375. The minimum atomic E-state index is -0.995. The minimum Gasteiger partial charge on any atom is -0.463 e. The van der Waals surface area contributed by atoms with Crippen LogP contribution in [0.4, 0.5) is 0 Å². The Labute approximate surface area is 100 Å². The van der Waals surface area contributed by atoms with Crippen molar-refractivity contribution in [3.05, 3.63) is 34.3 Å². The second-order valence-corrected chi connectivity index (χ2v) is 4.12. The average molecular weight is 292 g/mol. The van der Waals surface area contributed by atoms with E-state index in [-0.39, 0.29) is 0 Å². The first-order chi connectivity index (χ1) is 7.06. The molecule has 0 fully saturated rings. The van der Waals surface area contributed by atoms with Crippen LogP contribution in [0.1, 0.15) is 10.9 Å². The molecule has 0 spiro atoms. The molecule has 0 aliphatic heterocycles. The number of benzene rings is 1. The highest BCUT2D eigenvalue weighted by molar-refractivity contribution is 9.10. The van der Waals surface area contributed by atoms with E-state index in [1.54, 1.807) is 24.3 Å². The predicted octanol–water partition coefficient (Wildman–Crippen LogP) is 2.47. The van der Waals surface area contributed by atoms with Crippen LogP contribution in [0.5, 0.6) is 0 Å². The number of hydrogen-bond donors (Lipinski definition) is 0. The number of carbonyl (C=O) groups excluding carboxylic acids is 2. The number of methoxy groups -OCH3 is 1. The Kier molecular flexibility index (Phi) is 4.29. The molecule has 0 aliphatic carbocycles. The lowest BCUT2D eigenvalue weighted by atomic mass is 10.1. The van der Waals surface area contributed by atoms with Crippen LogP contribution in [-0.4, -0.2) is 18.9 Å². The summed E-state index contributed by atoms with van der Waals surface area (Å²) in [6, 6.07) is 6.83. The average Bonchev–Trinajstić information content (AvgIpc) is 2.27. The van der Waals surface area contributed by atoms with Gasteiger partial charge in [0.15, 0.2) is 0 Å². The summed E-state index contributed by atoms with van der Waals surface area (Å²) in [5, 5.41) is -0.995. The molecule has 0 aliphatic rings. The lowest BCUT2D eigenvalue weighted by Crippen LogP contribution is -2.20. The van der Waals surface area contributed by atoms with E-state index in [9.17, 15) is 9.59 Å². The molecule has 0 bridgehead atoms. The van der Waals surface area contributed by atoms with Gasteiger partial charge in [0, 0.05) is 4.47 Å². The first-order valence-corrected chi connectivity index (χ1v) is 5.31. The maximum Gasteiger partial charge on any atom is 0.376 e. The van der Waals surface area contributed by atoms with Crippen molar-refractivity contribution in [2.45, 2.75) is 5.38 Å². The molecule has 1 unspecified atom stereocenters. The molecule has 0 saturated carbocycles. The quantitative estimate of drug-likeness (QED) is 0.488. The third-order valence-corrected chi connectivity index (χ3v) is 2.76. The molecular formula is C10H8BrClO3. The molecule has 80 valence electrons. The first-order valence-electron chi connectivity index (χ1n) is 4.08. The fourth-order valence-corrected chi connectivity index (χ4v) is 1.49. The Morgan fingerprint density at radius 3 is 2.33 bits per heavy atom. The molecule has 0 heterocycles. The summed E-state index contributed by atoms with van der Waals surface area (Å²) in [5.74, 6) is -1.69. The minimum absolute atomic E-state index is 0.565. The topological polar surface area (TPSA) is 43.4 Å². The Hall–Kier alpha value is -0.870. The van der Waals surface area contributed by atoms with E-state index >= 15 is 0 Å². The van der Waals surface area contributed by atoms with Gasteiger partial charge in [0.2, 0.25) is 0 Å². The van der Waals surface area contributed by atoms with Gasteiger partial charge in [-0.2, -0.15) is 0 Å². The van der Waals surface area contributed by atoms with Crippen LogP contribution in [0.15, 0.2) is 28.7 Å². The molecule has 5 heteroatoms. The van der Waals surface area contributed by atoms with Crippen molar-refractivity contribution in [3.8, 4) is 0 Å². The van der Waals surface area contributed by atoms with Crippen LogP contribution in [0.25, 0.3) is 0 Å². The van der Waals surface area contributed by atoms with Gasteiger partial charge in [0.05, 0.1) is 7.11 Å². The summed E-state index contributed by atoms with van der Waals surface area (Å²) in [7, 11) is 1.14. The standard InChI is InChI=1S/C10H8BrClO3/c1-15-10(14)9(13)8(12)6-2-4-7(11)5-3-6/h2-5,8H,1H3. The van der Waals surface area contributed by atoms with Crippen molar-refractivity contribution in [1.82, 2.24) is 0 Å². The SMILES string of the molecule is COC(=O)C(=O)C(Cl)c1ccc(Br)cc1. The van der Waals surface area contributed by atoms with E-state index in [0.717, 1.165) is 11.6 Å². The fourth-order valence-electron chi connectivity index (χ4n) is 0.987. The van der Waals surface area contributed by atoms with Gasteiger partial charge in [-0.05, 0) is 17.7 Å². The van der Waals surface area contributed by atoms with Gasteiger partial charge in [0.25, 0.3) is 5.78 Å². The third kappa shape index (κ3) is 3.04. The van der Waals surface area contributed by atoms with Gasteiger partial charge < -0.3 is 4.74 Å². The van der Waals surface area contributed by atoms with Gasteiger partial charge in [-0.15, -0.1) is 11.6 Å². The van der Waals surface area contributed by atoms with E-state index in [0.29, 0.717) is 5.56 Å². The van der Waals surface area contributed by atoms with E-state index in [2.05, 4.69) is 20.7 Å². The molecule has 15 heavy (non-hydrogen) atoms. The van der Waals surface area contributed by atoms with Crippen molar-refractivity contribution >= 4 is 39.3 Å². The van der Waals surface area contributed by atoms with Gasteiger partial charge >= 0.3 is 5.97 Å². The second kappa shape index (κ2) is 5.28. The van der Waals surface area contributed by atoms with Crippen LogP contribution in [-0.2, 0) is 14.3 Å². The number of rotatable bonds is 3. The van der Waals surface area contributed by atoms with E-state index in [1.807, 2.05) is 0 Å². The zero-order chi connectivity index (χ0) is 11.4. The molecule has 1 atom stereocenters. The molecular weight excluding hydrogens is 283 g/mol. The largest absolute Gasteiger partial charge is 0.463 e. The number of ether oxygens (including phenoxy) is 1. The molecule has 1 rings (SSSR count). The normalized spacial score (nSPS) is 11.9. The maximum atomic E-state index is 11.3. The molecule has 0 aromatic heterocycles. The summed E-state index contributed by atoms with van der Waals surface area (Å²) in [6.07, 6.45) is 0. The van der Waals surface area contributed by atoms with Gasteiger partial charge in [0.1, 0.15) is 5.38 Å². The smallest absolute Gasteiger partial charge is 0.376 e. The summed E-state index contributed by atoms with van der Waals surface area (Å²) in [4.78, 5) is 22.3. The van der Waals surface area contributed by atoms with Gasteiger partial charge in [-0.3, -0.25) is 4.79 Å². The Balaban J connectivity index is 2.85. The molecule has 1 aromatic carbocycles. The highest BCUT2D eigenvalue weighted by Gasteiger charge is 2.25. The molecule has 0 N–H and O–H groups in total. The van der Waals surface area contributed by atoms with Gasteiger partial charge in [-0.1, -0.05) is 28.1 Å². The van der Waals surface area contributed by atoms with Crippen LogP contribution in [0.3, 0.4) is 0 Å². The van der Waals surface area contributed by atoms with Crippen LogP contribution in [0.2, 0.25) is 0 Å². The number of halogens is 2. The van der Waals surface area contributed by atoms with E-state index < -0.39 is 17.1 Å². The number of hydrogen-bond acceptors (Lipinski definition) is 3. The van der Waals surface area contributed by atoms with Crippen molar-refractivity contribution in [2.75, 3.05) is 7.11 Å². The number of esters is 1. The zero-order valence-corrected chi connectivity index (χ0v) is 10.2. The highest BCUT2D eigenvalue weighted by atomic mass is 79.9. The fraction of sp³-hybridized carbons (Fsp3) is 0.200. The van der Waals surface area contributed by atoms with Crippen LogP contribution >= 0.6 is 27.5 Å². The maximum absolute atomic E-state index is 11.3. The van der Waals surface area contributed by atoms with Crippen molar-refractivity contribution < 1.29 is 14.3 Å². The van der Waals surface area contributed by atoms with Crippen molar-refractivity contribution in [2.24, 2.45) is 0 Å². The Morgan fingerprint density at radius 1 is 1.33 bits per heavy atom. The van der Waals surface area contributed by atoms with E-state index in [4.69, 9.17) is 11.6 Å². The monoisotopic (exact) mass is 290 g/mol. The zero-order valence-electron chi connectivity index (χ0n) is 7.87. The second-order valence-electron chi connectivity index (χ2n) is 2.77.